The maximum atomic E-state index is 11.7. The van der Waals surface area contributed by atoms with Gasteiger partial charge in [-0.05, 0) is 40.4 Å². The molecule has 0 fully saturated rings. The lowest BCUT2D eigenvalue weighted by atomic mass is 10.1. The van der Waals surface area contributed by atoms with Gasteiger partial charge in [-0.3, -0.25) is 5.32 Å². The Morgan fingerprint density at radius 2 is 1.95 bits per heavy atom. The van der Waals surface area contributed by atoms with E-state index in [-0.39, 0.29) is 12.0 Å². The van der Waals surface area contributed by atoms with Gasteiger partial charge in [-0.25, -0.2) is 14.8 Å². The van der Waals surface area contributed by atoms with E-state index in [1.54, 1.807) is 12.4 Å². The van der Waals surface area contributed by atoms with Gasteiger partial charge in [0, 0.05) is 18.9 Å². The van der Waals surface area contributed by atoms with E-state index in [2.05, 4.69) is 55.6 Å². The van der Waals surface area contributed by atoms with Gasteiger partial charge in [0.15, 0.2) is 0 Å². The maximum Gasteiger partial charge on any atom is 0.321 e. The minimum absolute atomic E-state index is 0.279. The Kier molecular flexibility index (Phi) is 5.06. The number of urea groups is 1. The largest absolute Gasteiger partial charge is 0.337 e. The van der Waals surface area contributed by atoms with E-state index in [1.165, 1.54) is 11.1 Å². The summed E-state index contributed by atoms with van der Waals surface area (Å²) in [6.45, 7) is 2.62. The Morgan fingerprint density at radius 3 is 2.65 bits per heavy atom. The van der Waals surface area contributed by atoms with Crippen molar-refractivity contribution in [1.82, 2.24) is 15.3 Å². The molecule has 0 saturated heterocycles. The molecule has 0 radical (unpaired) electrons. The summed E-state index contributed by atoms with van der Waals surface area (Å²) >= 11 is 3.23. The molecule has 1 heterocycles. The predicted molar refractivity (Wildman–Crippen MR) is 81.6 cm³/mol. The van der Waals surface area contributed by atoms with E-state index in [0.717, 1.165) is 10.9 Å². The first-order valence-corrected chi connectivity index (χ1v) is 7.01. The fourth-order valence-electron chi connectivity index (χ4n) is 1.72. The minimum atomic E-state index is -0.305. The average Bonchev–Trinajstić information content (AvgIpc) is 2.43. The summed E-state index contributed by atoms with van der Waals surface area (Å²) < 4.78 is 0.767. The second kappa shape index (κ2) is 7.00. The zero-order chi connectivity index (χ0) is 14.4. The molecule has 0 saturated carbocycles. The van der Waals surface area contributed by atoms with Crippen LogP contribution < -0.4 is 10.6 Å². The van der Waals surface area contributed by atoms with Crippen LogP contribution in [-0.2, 0) is 6.42 Å². The van der Waals surface area contributed by atoms with Gasteiger partial charge < -0.3 is 5.32 Å². The minimum Gasteiger partial charge on any atom is -0.337 e. The normalized spacial score (nSPS) is 10.1. The summed E-state index contributed by atoms with van der Waals surface area (Å²) in [5.74, 6) is 0.279. The zero-order valence-corrected chi connectivity index (χ0v) is 12.6. The number of halogens is 1. The number of nitrogens with zero attached hydrogens (tertiary/aromatic N) is 2. The first-order chi connectivity index (χ1) is 9.65. The second-order valence-corrected chi connectivity index (χ2v) is 5.20. The van der Waals surface area contributed by atoms with Crippen LogP contribution in [0, 0.1) is 6.92 Å². The lowest BCUT2D eigenvalue weighted by molar-refractivity contribution is 0.252. The van der Waals surface area contributed by atoms with Crippen LogP contribution in [0.15, 0.2) is 41.1 Å². The van der Waals surface area contributed by atoms with Gasteiger partial charge in [-0.2, -0.15) is 0 Å². The molecule has 0 unspecified atom stereocenters. The number of amides is 2. The van der Waals surface area contributed by atoms with Crippen molar-refractivity contribution < 1.29 is 4.79 Å². The fourth-order valence-corrected chi connectivity index (χ4v) is 1.93. The molecule has 104 valence electrons. The molecule has 2 aromatic rings. The van der Waals surface area contributed by atoms with E-state index in [1.807, 2.05) is 12.1 Å². The van der Waals surface area contributed by atoms with Crippen molar-refractivity contribution in [2.75, 3.05) is 11.9 Å². The van der Waals surface area contributed by atoms with Crippen molar-refractivity contribution in [2.45, 2.75) is 13.3 Å². The Hall–Kier alpha value is -1.95. The van der Waals surface area contributed by atoms with Gasteiger partial charge in [0.25, 0.3) is 0 Å². The molecule has 1 aromatic carbocycles. The highest BCUT2D eigenvalue weighted by molar-refractivity contribution is 9.10. The standard InChI is InChI=1S/C14H15BrN4O/c1-10-4-2-3-5-11(10)6-7-16-14(20)19-13-17-8-12(15)9-18-13/h2-5,8-9H,6-7H2,1H3,(H2,16,17,18,19,20). The van der Waals surface area contributed by atoms with Crippen LogP contribution in [0.4, 0.5) is 10.7 Å². The number of hydrogen-bond donors (Lipinski definition) is 2. The average molecular weight is 335 g/mol. The summed E-state index contributed by atoms with van der Waals surface area (Å²) in [5, 5.41) is 5.36. The van der Waals surface area contributed by atoms with Gasteiger partial charge in [0.1, 0.15) is 0 Å². The van der Waals surface area contributed by atoms with Crippen LogP contribution in [0.2, 0.25) is 0 Å². The quantitative estimate of drug-likeness (QED) is 0.903. The zero-order valence-electron chi connectivity index (χ0n) is 11.1. The van der Waals surface area contributed by atoms with Crippen molar-refractivity contribution in [3.8, 4) is 0 Å². The molecule has 0 bridgehead atoms. The number of anilines is 1. The summed E-state index contributed by atoms with van der Waals surface area (Å²) in [4.78, 5) is 19.6. The Balaban J connectivity index is 1.78. The summed E-state index contributed by atoms with van der Waals surface area (Å²) in [7, 11) is 0. The van der Waals surface area contributed by atoms with Crippen molar-refractivity contribution in [1.29, 1.82) is 0 Å². The molecule has 5 nitrogen and oxygen atoms in total. The molecule has 0 atom stereocenters. The molecule has 0 spiro atoms. The van der Waals surface area contributed by atoms with E-state index in [9.17, 15) is 4.79 Å². The summed E-state index contributed by atoms with van der Waals surface area (Å²) in [5.41, 5.74) is 2.46. The maximum absolute atomic E-state index is 11.7. The monoisotopic (exact) mass is 334 g/mol. The van der Waals surface area contributed by atoms with Crippen molar-refractivity contribution in [2.24, 2.45) is 0 Å². The molecule has 6 heteroatoms. The Labute approximate surface area is 126 Å². The number of aryl methyl sites for hydroxylation is 1. The summed E-state index contributed by atoms with van der Waals surface area (Å²) in [6, 6.07) is 7.82. The smallest absolute Gasteiger partial charge is 0.321 e. The van der Waals surface area contributed by atoms with Crippen LogP contribution in [0.25, 0.3) is 0 Å². The number of hydrogen-bond acceptors (Lipinski definition) is 3. The highest BCUT2D eigenvalue weighted by atomic mass is 79.9. The van der Waals surface area contributed by atoms with Crippen LogP contribution >= 0.6 is 15.9 Å². The first-order valence-electron chi connectivity index (χ1n) is 6.22. The molecular formula is C14H15BrN4O. The Morgan fingerprint density at radius 1 is 1.25 bits per heavy atom. The van der Waals surface area contributed by atoms with E-state index >= 15 is 0 Å². The topological polar surface area (TPSA) is 66.9 Å². The van der Waals surface area contributed by atoms with Crippen LogP contribution in [0.5, 0.6) is 0 Å². The van der Waals surface area contributed by atoms with Gasteiger partial charge >= 0.3 is 6.03 Å². The van der Waals surface area contributed by atoms with Crippen LogP contribution in [-0.4, -0.2) is 22.5 Å². The first kappa shape index (κ1) is 14.5. The number of rotatable bonds is 4. The highest BCUT2D eigenvalue weighted by Crippen LogP contribution is 2.07. The number of nitrogens with one attached hydrogen (secondary N) is 2. The number of carbonyl (C=O) groups excluding carboxylic acids is 1. The van der Waals surface area contributed by atoms with Crippen molar-refractivity contribution in [3.05, 3.63) is 52.3 Å². The lowest BCUT2D eigenvalue weighted by Gasteiger charge is -2.08. The molecule has 2 rings (SSSR count). The van der Waals surface area contributed by atoms with E-state index in [4.69, 9.17) is 0 Å². The number of benzene rings is 1. The molecule has 0 aliphatic rings. The predicted octanol–water partition coefficient (Wildman–Crippen LogP) is 2.91. The second-order valence-electron chi connectivity index (χ2n) is 4.28. The SMILES string of the molecule is Cc1ccccc1CCNC(=O)Nc1ncc(Br)cn1. The Bertz CT molecular complexity index is 586. The molecule has 2 N–H and O–H groups in total. The van der Waals surface area contributed by atoms with Gasteiger partial charge in [0.2, 0.25) is 5.95 Å². The number of carbonyl (C=O) groups is 1. The van der Waals surface area contributed by atoms with Crippen molar-refractivity contribution >= 4 is 27.9 Å². The van der Waals surface area contributed by atoms with E-state index < -0.39 is 0 Å². The number of aromatic nitrogens is 2. The third-order valence-corrected chi connectivity index (χ3v) is 3.20. The third kappa shape index (κ3) is 4.31. The summed E-state index contributed by atoms with van der Waals surface area (Å²) in [6.07, 6.45) is 3.95. The van der Waals surface area contributed by atoms with E-state index in [0.29, 0.717) is 6.54 Å². The molecule has 1 aromatic heterocycles. The van der Waals surface area contributed by atoms with Crippen LogP contribution in [0.3, 0.4) is 0 Å². The molecule has 0 aliphatic carbocycles. The third-order valence-electron chi connectivity index (χ3n) is 2.79. The van der Waals surface area contributed by atoms with Crippen molar-refractivity contribution in [3.63, 3.8) is 0 Å². The lowest BCUT2D eigenvalue weighted by Crippen LogP contribution is -2.31. The van der Waals surface area contributed by atoms with Gasteiger partial charge in [-0.1, -0.05) is 24.3 Å². The molecule has 0 aliphatic heterocycles. The molecular weight excluding hydrogens is 320 g/mol. The fraction of sp³-hybridized carbons (Fsp3) is 0.214. The van der Waals surface area contributed by atoms with Gasteiger partial charge in [0.05, 0.1) is 4.47 Å². The molecule has 20 heavy (non-hydrogen) atoms. The van der Waals surface area contributed by atoms with Gasteiger partial charge in [-0.15, -0.1) is 0 Å². The molecule has 2 amide bonds. The van der Waals surface area contributed by atoms with Crippen LogP contribution in [0.1, 0.15) is 11.1 Å². The highest BCUT2D eigenvalue weighted by Gasteiger charge is 2.04.